The number of likely N-dealkylation sites (N-methyl/N-ethyl adjacent to an activating group) is 1. The maximum absolute atomic E-state index is 12.9. The molecule has 0 radical (unpaired) electrons. The Morgan fingerprint density at radius 2 is 1.62 bits per heavy atom. The van der Waals surface area contributed by atoms with Crippen LogP contribution in [0.1, 0.15) is 15.9 Å². The summed E-state index contributed by atoms with van der Waals surface area (Å²) < 4.78 is 0. The lowest BCUT2D eigenvalue weighted by Gasteiger charge is -2.32. The zero-order valence-corrected chi connectivity index (χ0v) is 16.7. The van der Waals surface area contributed by atoms with Crippen molar-refractivity contribution in [3.05, 3.63) is 66.0 Å². The number of nitrogens with zero attached hydrogens (tertiary/aromatic N) is 4. The molecule has 0 saturated carbocycles. The van der Waals surface area contributed by atoms with Crippen LogP contribution in [0.4, 0.5) is 0 Å². The van der Waals surface area contributed by atoms with E-state index >= 15 is 0 Å². The van der Waals surface area contributed by atoms with Gasteiger partial charge in [-0.2, -0.15) is 0 Å². The number of phenolic OH excluding ortho intramolecular Hbond substituents is 1. The molecule has 0 spiro atoms. The number of rotatable bonds is 3. The van der Waals surface area contributed by atoms with E-state index in [1.807, 2.05) is 54.3 Å². The van der Waals surface area contributed by atoms with Crippen LogP contribution in [0.2, 0.25) is 0 Å². The second-order valence-corrected chi connectivity index (χ2v) is 7.47. The van der Waals surface area contributed by atoms with E-state index in [1.165, 1.54) is 6.33 Å². The lowest BCUT2D eigenvalue weighted by Crippen LogP contribution is -2.47. The minimum atomic E-state index is 0.0587. The Morgan fingerprint density at radius 3 is 2.31 bits per heavy atom. The fourth-order valence-corrected chi connectivity index (χ4v) is 3.49. The molecular weight excluding hydrogens is 364 g/mol. The molecule has 148 valence electrons. The molecule has 1 aromatic heterocycles. The lowest BCUT2D eigenvalue weighted by molar-refractivity contribution is 0.0664. The predicted molar refractivity (Wildman–Crippen MR) is 113 cm³/mol. The van der Waals surface area contributed by atoms with Gasteiger partial charge in [-0.25, -0.2) is 9.97 Å². The first-order valence-corrected chi connectivity index (χ1v) is 9.71. The Bertz CT molecular complexity index is 1040. The molecule has 0 bridgehead atoms. The number of phenols is 1. The molecule has 3 aromatic rings. The van der Waals surface area contributed by atoms with Crippen LogP contribution in [-0.4, -0.2) is 64.0 Å². The zero-order valence-electron chi connectivity index (χ0n) is 16.7. The van der Waals surface area contributed by atoms with Crippen LogP contribution in [0.25, 0.3) is 22.5 Å². The Hall–Kier alpha value is -3.25. The molecule has 0 atom stereocenters. The Labute approximate surface area is 170 Å². The number of aryl methyl sites for hydroxylation is 1. The number of amides is 1. The molecule has 2 heterocycles. The fourth-order valence-electron chi connectivity index (χ4n) is 3.49. The molecular formula is C23H24N4O2. The van der Waals surface area contributed by atoms with Gasteiger partial charge in [0.15, 0.2) is 0 Å². The molecule has 6 nitrogen and oxygen atoms in total. The average molecular weight is 388 g/mol. The topological polar surface area (TPSA) is 69.6 Å². The van der Waals surface area contributed by atoms with Gasteiger partial charge in [-0.3, -0.25) is 4.79 Å². The Balaban J connectivity index is 1.61. The van der Waals surface area contributed by atoms with Crippen molar-refractivity contribution in [1.29, 1.82) is 0 Å². The lowest BCUT2D eigenvalue weighted by atomic mass is 10.0. The molecule has 1 fully saturated rings. The first kappa shape index (κ1) is 19.1. The summed E-state index contributed by atoms with van der Waals surface area (Å²) in [7, 11) is 2.07. The third kappa shape index (κ3) is 4.12. The van der Waals surface area contributed by atoms with Gasteiger partial charge in [0.2, 0.25) is 0 Å². The van der Waals surface area contributed by atoms with E-state index < -0.39 is 0 Å². The molecule has 29 heavy (non-hydrogen) atoms. The van der Waals surface area contributed by atoms with Crippen LogP contribution in [-0.2, 0) is 0 Å². The Morgan fingerprint density at radius 1 is 0.931 bits per heavy atom. The van der Waals surface area contributed by atoms with E-state index in [4.69, 9.17) is 0 Å². The summed E-state index contributed by atoms with van der Waals surface area (Å²) in [5.41, 5.74) is 4.79. The predicted octanol–water partition coefficient (Wildman–Crippen LogP) is 3.21. The fraction of sp³-hybridized carbons (Fsp3) is 0.261. The second-order valence-electron chi connectivity index (χ2n) is 7.47. The maximum Gasteiger partial charge on any atom is 0.253 e. The SMILES string of the molecule is Cc1cc(-c2cc(-c3cccc(C(=O)N4CCN(C)CC4)c3)ncn2)ccc1O. The number of hydrogen-bond donors (Lipinski definition) is 1. The molecule has 1 amide bonds. The van der Waals surface area contributed by atoms with Crippen molar-refractivity contribution >= 4 is 5.91 Å². The van der Waals surface area contributed by atoms with Crippen molar-refractivity contribution in [2.24, 2.45) is 0 Å². The Kier molecular flexibility index (Phi) is 5.27. The maximum atomic E-state index is 12.9. The average Bonchev–Trinajstić information content (AvgIpc) is 2.76. The third-order valence-electron chi connectivity index (χ3n) is 5.36. The molecule has 4 rings (SSSR count). The highest BCUT2D eigenvalue weighted by Crippen LogP contribution is 2.27. The first-order chi connectivity index (χ1) is 14.0. The minimum absolute atomic E-state index is 0.0587. The number of benzene rings is 2. The van der Waals surface area contributed by atoms with E-state index in [0.29, 0.717) is 5.56 Å². The zero-order chi connectivity index (χ0) is 20.4. The van der Waals surface area contributed by atoms with E-state index in [9.17, 15) is 9.90 Å². The molecule has 1 aliphatic heterocycles. The highest BCUT2D eigenvalue weighted by atomic mass is 16.3. The summed E-state index contributed by atoms with van der Waals surface area (Å²) in [5.74, 6) is 0.321. The highest BCUT2D eigenvalue weighted by Gasteiger charge is 2.20. The highest BCUT2D eigenvalue weighted by molar-refractivity contribution is 5.95. The standard InChI is InChI=1S/C23H24N4O2/c1-16-12-18(6-7-22(16)28)21-14-20(24-15-25-21)17-4-3-5-19(13-17)23(29)27-10-8-26(2)9-11-27/h3-7,12-15,28H,8-11H2,1-2H3. The van der Waals surface area contributed by atoms with Gasteiger partial charge in [0, 0.05) is 42.9 Å². The number of hydrogen-bond acceptors (Lipinski definition) is 5. The van der Waals surface area contributed by atoms with Crippen LogP contribution < -0.4 is 0 Å². The normalized spacial score (nSPS) is 14.8. The number of carbonyl (C=O) groups is 1. The number of carbonyl (C=O) groups excluding carboxylic acids is 1. The second kappa shape index (κ2) is 8.01. The van der Waals surface area contributed by atoms with Crippen LogP contribution in [0.15, 0.2) is 54.9 Å². The molecule has 1 N–H and O–H groups in total. The van der Waals surface area contributed by atoms with Crippen molar-refractivity contribution in [2.45, 2.75) is 6.92 Å². The van der Waals surface area contributed by atoms with Gasteiger partial charge >= 0.3 is 0 Å². The van der Waals surface area contributed by atoms with Gasteiger partial charge in [0.25, 0.3) is 5.91 Å². The van der Waals surface area contributed by atoms with E-state index in [2.05, 4.69) is 21.9 Å². The first-order valence-electron chi connectivity index (χ1n) is 9.71. The van der Waals surface area contributed by atoms with Crippen LogP contribution in [0, 0.1) is 6.92 Å². The van der Waals surface area contributed by atoms with Crippen molar-refractivity contribution in [3.8, 4) is 28.3 Å². The largest absolute Gasteiger partial charge is 0.508 e. The third-order valence-corrected chi connectivity index (χ3v) is 5.36. The van der Waals surface area contributed by atoms with E-state index in [1.54, 1.807) is 6.07 Å². The summed E-state index contributed by atoms with van der Waals surface area (Å²) in [6, 6.07) is 14.9. The molecule has 0 unspecified atom stereocenters. The monoisotopic (exact) mass is 388 g/mol. The number of aromatic hydroxyl groups is 1. The van der Waals surface area contributed by atoms with Crippen molar-refractivity contribution < 1.29 is 9.90 Å². The van der Waals surface area contributed by atoms with E-state index in [-0.39, 0.29) is 11.7 Å². The number of piperazine rings is 1. The van der Waals surface area contributed by atoms with Crippen molar-refractivity contribution in [1.82, 2.24) is 19.8 Å². The summed E-state index contributed by atoms with van der Waals surface area (Å²) in [4.78, 5) is 25.8. The molecule has 2 aromatic carbocycles. The van der Waals surface area contributed by atoms with Gasteiger partial charge in [-0.15, -0.1) is 0 Å². The van der Waals surface area contributed by atoms with E-state index in [0.717, 1.165) is 54.3 Å². The van der Waals surface area contributed by atoms with Gasteiger partial charge < -0.3 is 14.9 Å². The number of aromatic nitrogens is 2. The molecule has 0 aliphatic carbocycles. The van der Waals surface area contributed by atoms with Crippen LogP contribution in [0.3, 0.4) is 0 Å². The van der Waals surface area contributed by atoms with Gasteiger partial charge in [0.1, 0.15) is 12.1 Å². The van der Waals surface area contributed by atoms with Crippen molar-refractivity contribution in [3.63, 3.8) is 0 Å². The van der Waals surface area contributed by atoms with Gasteiger partial charge in [-0.1, -0.05) is 12.1 Å². The summed E-state index contributed by atoms with van der Waals surface area (Å²) in [6.07, 6.45) is 1.53. The summed E-state index contributed by atoms with van der Waals surface area (Å²) in [6.45, 7) is 5.14. The quantitative estimate of drug-likeness (QED) is 0.746. The molecule has 6 heteroatoms. The van der Waals surface area contributed by atoms with Gasteiger partial charge in [0.05, 0.1) is 11.4 Å². The molecule has 1 aliphatic rings. The smallest absolute Gasteiger partial charge is 0.253 e. The summed E-state index contributed by atoms with van der Waals surface area (Å²) in [5, 5.41) is 9.76. The minimum Gasteiger partial charge on any atom is -0.508 e. The molecule has 1 saturated heterocycles. The van der Waals surface area contributed by atoms with Crippen molar-refractivity contribution in [2.75, 3.05) is 33.2 Å². The van der Waals surface area contributed by atoms with Crippen LogP contribution in [0.5, 0.6) is 5.75 Å². The van der Waals surface area contributed by atoms with Gasteiger partial charge in [-0.05, 0) is 55.9 Å². The summed E-state index contributed by atoms with van der Waals surface area (Å²) >= 11 is 0. The van der Waals surface area contributed by atoms with Crippen LogP contribution >= 0.6 is 0 Å².